The fourth-order valence-electron chi connectivity index (χ4n) is 2.68. The van der Waals surface area contributed by atoms with Crippen LogP contribution in [0.5, 0.6) is 5.75 Å². The van der Waals surface area contributed by atoms with Crippen LogP contribution in [0.15, 0.2) is 88.2 Å². The van der Waals surface area contributed by atoms with Gasteiger partial charge in [-0.2, -0.15) is 0 Å². The summed E-state index contributed by atoms with van der Waals surface area (Å²) < 4.78 is 52.2. The van der Waals surface area contributed by atoms with E-state index in [1.54, 1.807) is 12.1 Å². The first-order valence-corrected chi connectivity index (χ1v) is 10.4. The Labute approximate surface area is 172 Å². The summed E-state index contributed by atoms with van der Waals surface area (Å²) in [5.74, 6) is 0.193. The predicted molar refractivity (Wildman–Crippen MR) is 108 cm³/mol. The molecule has 9 heteroatoms. The van der Waals surface area contributed by atoms with Gasteiger partial charge >= 0.3 is 0 Å². The van der Waals surface area contributed by atoms with Crippen molar-refractivity contribution >= 4 is 15.7 Å². The molecule has 0 aliphatic heterocycles. The fourth-order valence-corrected chi connectivity index (χ4v) is 3.81. The molecule has 0 saturated carbocycles. The van der Waals surface area contributed by atoms with E-state index in [0.717, 1.165) is 11.6 Å². The standard InChI is InChI=1S/C21H16FN3O4S/c22-18-11-4-5-12-19(18)30(26,27)25-16-9-6-10-17(13-16)28-14-20-23-24-21(29-20)15-7-2-1-3-8-15/h1-13,25H,14H2. The van der Waals surface area contributed by atoms with Crippen LogP contribution in [-0.4, -0.2) is 18.6 Å². The Bertz CT molecular complexity index is 1260. The summed E-state index contributed by atoms with van der Waals surface area (Å²) in [6.45, 7) is 0.00332. The van der Waals surface area contributed by atoms with Crippen LogP contribution in [0.3, 0.4) is 0 Å². The van der Waals surface area contributed by atoms with Gasteiger partial charge in [0, 0.05) is 11.6 Å². The summed E-state index contributed by atoms with van der Waals surface area (Å²) >= 11 is 0. The van der Waals surface area contributed by atoms with Crippen LogP contribution >= 0.6 is 0 Å². The molecule has 0 saturated heterocycles. The summed E-state index contributed by atoms with van der Waals surface area (Å²) in [6, 6.07) is 20.7. The molecule has 0 atom stereocenters. The minimum atomic E-state index is -4.08. The van der Waals surface area contributed by atoms with Crippen LogP contribution in [0.4, 0.5) is 10.1 Å². The van der Waals surface area contributed by atoms with Crippen molar-refractivity contribution in [3.63, 3.8) is 0 Å². The van der Waals surface area contributed by atoms with E-state index in [1.165, 1.54) is 30.3 Å². The first-order chi connectivity index (χ1) is 14.5. The van der Waals surface area contributed by atoms with E-state index in [2.05, 4.69) is 14.9 Å². The van der Waals surface area contributed by atoms with Crippen molar-refractivity contribution < 1.29 is 22.0 Å². The summed E-state index contributed by atoms with van der Waals surface area (Å²) in [5, 5.41) is 7.93. The van der Waals surface area contributed by atoms with E-state index < -0.39 is 20.7 Å². The van der Waals surface area contributed by atoms with E-state index in [4.69, 9.17) is 9.15 Å². The quantitative estimate of drug-likeness (QED) is 0.476. The topological polar surface area (TPSA) is 94.3 Å². The van der Waals surface area contributed by atoms with Crippen molar-refractivity contribution in [3.05, 3.63) is 90.6 Å². The Morgan fingerprint density at radius 3 is 2.50 bits per heavy atom. The number of aromatic nitrogens is 2. The molecule has 0 aliphatic rings. The van der Waals surface area contributed by atoms with Gasteiger partial charge < -0.3 is 9.15 Å². The second-order valence-electron chi connectivity index (χ2n) is 6.22. The number of hydrogen-bond donors (Lipinski definition) is 1. The smallest absolute Gasteiger partial charge is 0.264 e. The van der Waals surface area contributed by atoms with Gasteiger partial charge in [-0.3, -0.25) is 4.72 Å². The fraction of sp³-hybridized carbons (Fsp3) is 0.0476. The minimum absolute atomic E-state index is 0.00332. The highest BCUT2D eigenvalue weighted by molar-refractivity contribution is 7.92. The maximum absolute atomic E-state index is 13.8. The maximum atomic E-state index is 13.8. The van der Waals surface area contributed by atoms with Gasteiger partial charge in [0.2, 0.25) is 5.89 Å². The monoisotopic (exact) mass is 425 g/mol. The third-order valence-corrected chi connectivity index (χ3v) is 5.48. The minimum Gasteiger partial charge on any atom is -0.484 e. The summed E-state index contributed by atoms with van der Waals surface area (Å²) in [5.41, 5.74) is 1.02. The highest BCUT2D eigenvalue weighted by atomic mass is 32.2. The SMILES string of the molecule is O=S(=O)(Nc1cccc(OCc2nnc(-c3ccccc3)o2)c1)c1ccccc1F. The molecule has 1 N–H and O–H groups in total. The van der Waals surface area contributed by atoms with Gasteiger partial charge in [-0.05, 0) is 36.4 Å². The first-order valence-electron chi connectivity index (χ1n) is 8.89. The van der Waals surface area contributed by atoms with E-state index >= 15 is 0 Å². The average molecular weight is 425 g/mol. The van der Waals surface area contributed by atoms with E-state index in [-0.39, 0.29) is 18.2 Å². The number of ether oxygens (including phenoxy) is 1. The zero-order valence-corrected chi connectivity index (χ0v) is 16.3. The predicted octanol–water partition coefficient (Wildman–Crippen LogP) is 4.26. The van der Waals surface area contributed by atoms with Crippen molar-refractivity contribution in [2.75, 3.05) is 4.72 Å². The Hall–Kier alpha value is -3.72. The van der Waals surface area contributed by atoms with E-state index in [1.807, 2.05) is 30.3 Å². The van der Waals surface area contributed by atoms with Crippen molar-refractivity contribution in [1.29, 1.82) is 0 Å². The molecule has 3 aromatic carbocycles. The van der Waals surface area contributed by atoms with Gasteiger partial charge in [-0.25, -0.2) is 12.8 Å². The summed E-state index contributed by atoms with van der Waals surface area (Å²) in [7, 11) is -4.08. The third-order valence-electron chi connectivity index (χ3n) is 4.06. The second-order valence-corrected chi connectivity index (χ2v) is 7.87. The molecule has 7 nitrogen and oxygen atoms in total. The summed E-state index contributed by atoms with van der Waals surface area (Å²) in [6.07, 6.45) is 0. The lowest BCUT2D eigenvalue weighted by atomic mass is 10.2. The molecule has 152 valence electrons. The third kappa shape index (κ3) is 4.47. The lowest BCUT2D eigenvalue weighted by molar-refractivity contribution is 0.264. The van der Waals surface area contributed by atoms with Crippen molar-refractivity contribution in [2.45, 2.75) is 11.5 Å². The van der Waals surface area contributed by atoms with Gasteiger partial charge in [-0.1, -0.05) is 36.4 Å². The van der Waals surface area contributed by atoms with Crippen LogP contribution in [0.25, 0.3) is 11.5 Å². The molecule has 0 unspecified atom stereocenters. The molecule has 0 amide bonds. The zero-order chi connectivity index (χ0) is 21.0. The highest BCUT2D eigenvalue weighted by Gasteiger charge is 2.18. The number of sulfonamides is 1. The molecule has 4 aromatic rings. The molecular weight excluding hydrogens is 409 g/mol. The number of hydrogen-bond acceptors (Lipinski definition) is 6. The zero-order valence-electron chi connectivity index (χ0n) is 15.5. The molecule has 0 fully saturated rings. The molecular formula is C21H16FN3O4S. The molecule has 1 aromatic heterocycles. The second kappa shape index (κ2) is 8.34. The molecule has 4 rings (SSSR count). The lowest BCUT2D eigenvalue weighted by Gasteiger charge is -2.10. The summed E-state index contributed by atoms with van der Waals surface area (Å²) in [4.78, 5) is -0.435. The van der Waals surface area contributed by atoms with Gasteiger partial charge in [0.1, 0.15) is 16.5 Å². The van der Waals surface area contributed by atoms with Gasteiger partial charge in [0.25, 0.3) is 15.9 Å². The Kier molecular flexibility index (Phi) is 5.44. The van der Waals surface area contributed by atoms with Crippen molar-refractivity contribution in [3.8, 4) is 17.2 Å². The largest absolute Gasteiger partial charge is 0.484 e. The number of nitrogens with zero attached hydrogens (tertiary/aromatic N) is 2. The van der Waals surface area contributed by atoms with Crippen LogP contribution in [0, 0.1) is 5.82 Å². The first kappa shape index (κ1) is 19.6. The Balaban J connectivity index is 1.44. The molecule has 30 heavy (non-hydrogen) atoms. The van der Waals surface area contributed by atoms with Gasteiger partial charge in [-0.15, -0.1) is 10.2 Å². The Morgan fingerprint density at radius 1 is 0.933 bits per heavy atom. The highest BCUT2D eigenvalue weighted by Crippen LogP contribution is 2.23. The number of benzene rings is 3. The van der Waals surface area contributed by atoms with Gasteiger partial charge in [0.05, 0.1) is 5.69 Å². The van der Waals surface area contributed by atoms with Crippen LogP contribution in [-0.2, 0) is 16.6 Å². The maximum Gasteiger partial charge on any atom is 0.264 e. The lowest BCUT2D eigenvalue weighted by Crippen LogP contribution is -2.14. The van der Waals surface area contributed by atoms with Crippen LogP contribution in [0.1, 0.15) is 5.89 Å². The molecule has 0 aliphatic carbocycles. The van der Waals surface area contributed by atoms with E-state index in [0.29, 0.717) is 11.6 Å². The van der Waals surface area contributed by atoms with Crippen molar-refractivity contribution in [2.24, 2.45) is 0 Å². The molecule has 0 spiro atoms. The number of rotatable bonds is 7. The van der Waals surface area contributed by atoms with Crippen LogP contribution < -0.4 is 9.46 Å². The number of nitrogens with one attached hydrogen (secondary N) is 1. The molecule has 1 heterocycles. The number of halogens is 1. The van der Waals surface area contributed by atoms with E-state index in [9.17, 15) is 12.8 Å². The number of anilines is 1. The van der Waals surface area contributed by atoms with Crippen LogP contribution in [0.2, 0.25) is 0 Å². The normalized spacial score (nSPS) is 11.2. The van der Waals surface area contributed by atoms with Crippen molar-refractivity contribution in [1.82, 2.24) is 10.2 Å². The molecule has 0 bridgehead atoms. The van der Waals surface area contributed by atoms with Gasteiger partial charge in [0.15, 0.2) is 6.61 Å². The molecule has 0 radical (unpaired) electrons. The Morgan fingerprint density at radius 2 is 1.70 bits per heavy atom. The average Bonchev–Trinajstić information content (AvgIpc) is 3.22.